The molecule has 0 bridgehead atoms. The zero-order chi connectivity index (χ0) is 16.9. The fourth-order valence-corrected chi connectivity index (χ4v) is 3.74. The first-order chi connectivity index (χ1) is 11.6. The van der Waals surface area contributed by atoms with Crippen molar-refractivity contribution in [3.8, 4) is 0 Å². The van der Waals surface area contributed by atoms with Crippen LogP contribution in [0.2, 0.25) is 0 Å². The van der Waals surface area contributed by atoms with Crippen LogP contribution in [0, 0.1) is 12.7 Å². The van der Waals surface area contributed by atoms with E-state index < -0.39 is 5.82 Å². The smallest absolute Gasteiger partial charge is 0.257 e. The maximum Gasteiger partial charge on any atom is 0.257 e. The van der Waals surface area contributed by atoms with Gasteiger partial charge in [0.1, 0.15) is 5.82 Å². The number of rotatable bonds is 5. The average Bonchev–Trinajstić information content (AvgIpc) is 3.03. The lowest BCUT2D eigenvalue weighted by molar-refractivity contribution is 0.102. The van der Waals surface area contributed by atoms with Gasteiger partial charge in [0, 0.05) is 11.3 Å². The van der Waals surface area contributed by atoms with Gasteiger partial charge in [0.2, 0.25) is 5.13 Å². The van der Waals surface area contributed by atoms with Crippen molar-refractivity contribution in [2.24, 2.45) is 0 Å². The molecule has 0 unspecified atom stereocenters. The molecule has 0 aliphatic carbocycles. The quantitative estimate of drug-likeness (QED) is 0.537. The van der Waals surface area contributed by atoms with Gasteiger partial charge in [-0.3, -0.25) is 10.1 Å². The maximum absolute atomic E-state index is 13.3. The van der Waals surface area contributed by atoms with Crippen molar-refractivity contribution in [3.05, 3.63) is 71.0 Å². The number of benzene rings is 2. The molecule has 0 aliphatic heterocycles. The molecule has 1 heterocycles. The lowest BCUT2D eigenvalue weighted by Gasteiger charge is -2.04. The van der Waals surface area contributed by atoms with E-state index in [-0.39, 0.29) is 5.91 Å². The van der Waals surface area contributed by atoms with Gasteiger partial charge in [-0.05, 0) is 30.2 Å². The summed E-state index contributed by atoms with van der Waals surface area (Å²) in [4.78, 5) is 12.2. The Hall–Kier alpha value is -2.25. The lowest BCUT2D eigenvalue weighted by atomic mass is 10.1. The van der Waals surface area contributed by atoms with Gasteiger partial charge in [0.25, 0.3) is 5.91 Å². The Bertz CT molecular complexity index is 852. The topological polar surface area (TPSA) is 54.9 Å². The summed E-state index contributed by atoms with van der Waals surface area (Å²) in [5.74, 6) is -0.0447. The molecule has 122 valence electrons. The summed E-state index contributed by atoms with van der Waals surface area (Å²) in [6.07, 6.45) is 0. The van der Waals surface area contributed by atoms with E-state index in [0.29, 0.717) is 16.3 Å². The molecule has 0 spiro atoms. The van der Waals surface area contributed by atoms with Crippen molar-refractivity contribution < 1.29 is 9.18 Å². The van der Waals surface area contributed by atoms with Crippen LogP contribution in [0.15, 0.2) is 52.9 Å². The van der Waals surface area contributed by atoms with Gasteiger partial charge in [-0.15, -0.1) is 10.2 Å². The van der Waals surface area contributed by atoms with Crippen LogP contribution < -0.4 is 5.32 Å². The molecule has 0 atom stereocenters. The Morgan fingerprint density at radius 2 is 2.00 bits per heavy atom. The van der Waals surface area contributed by atoms with Crippen molar-refractivity contribution in [1.29, 1.82) is 0 Å². The monoisotopic (exact) mass is 359 g/mol. The number of nitrogens with zero attached hydrogens (tertiary/aromatic N) is 2. The number of aromatic nitrogens is 2. The highest BCUT2D eigenvalue weighted by Crippen LogP contribution is 2.28. The Morgan fingerprint density at radius 1 is 1.21 bits per heavy atom. The molecule has 3 rings (SSSR count). The van der Waals surface area contributed by atoms with Crippen LogP contribution in [-0.4, -0.2) is 16.1 Å². The molecule has 0 aliphatic rings. The number of aryl methyl sites for hydroxylation is 1. The van der Waals surface area contributed by atoms with Gasteiger partial charge in [0.05, 0.1) is 0 Å². The number of amides is 1. The molecule has 4 nitrogen and oxygen atoms in total. The Labute approximate surface area is 147 Å². The maximum atomic E-state index is 13.3. The summed E-state index contributed by atoms with van der Waals surface area (Å²) in [6, 6.07) is 14.2. The minimum atomic E-state index is -0.442. The third-order valence-electron chi connectivity index (χ3n) is 3.28. The van der Waals surface area contributed by atoms with E-state index in [4.69, 9.17) is 0 Å². The third-order valence-corrected chi connectivity index (χ3v) is 5.32. The third kappa shape index (κ3) is 4.18. The van der Waals surface area contributed by atoms with E-state index in [1.54, 1.807) is 24.8 Å². The first kappa shape index (κ1) is 16.6. The molecule has 7 heteroatoms. The van der Waals surface area contributed by atoms with E-state index >= 15 is 0 Å². The summed E-state index contributed by atoms with van der Waals surface area (Å²) in [6.45, 7) is 1.76. The predicted molar refractivity (Wildman–Crippen MR) is 95.0 cm³/mol. The van der Waals surface area contributed by atoms with Crippen LogP contribution in [-0.2, 0) is 5.75 Å². The second-order valence-electron chi connectivity index (χ2n) is 5.06. The number of anilines is 1. The van der Waals surface area contributed by atoms with Gasteiger partial charge >= 0.3 is 0 Å². The van der Waals surface area contributed by atoms with Gasteiger partial charge in [-0.1, -0.05) is 59.5 Å². The van der Waals surface area contributed by atoms with E-state index in [1.165, 1.54) is 29.0 Å². The molecular formula is C17H14FN3OS2. The molecule has 0 saturated carbocycles. The minimum Gasteiger partial charge on any atom is -0.296 e. The van der Waals surface area contributed by atoms with Crippen LogP contribution in [0.1, 0.15) is 21.5 Å². The summed E-state index contributed by atoms with van der Waals surface area (Å²) < 4.78 is 14.1. The predicted octanol–water partition coefficient (Wildman–Crippen LogP) is 4.53. The molecule has 0 radical (unpaired) electrons. The summed E-state index contributed by atoms with van der Waals surface area (Å²) in [7, 11) is 0. The number of nitrogens with one attached hydrogen (secondary N) is 1. The van der Waals surface area contributed by atoms with Crippen LogP contribution in [0.4, 0.5) is 9.52 Å². The second kappa shape index (κ2) is 7.55. The van der Waals surface area contributed by atoms with Crippen LogP contribution >= 0.6 is 23.1 Å². The molecule has 3 aromatic rings. The number of carbonyl (C=O) groups is 1. The second-order valence-corrected chi connectivity index (χ2v) is 7.26. The van der Waals surface area contributed by atoms with Crippen molar-refractivity contribution in [1.82, 2.24) is 10.2 Å². The fourth-order valence-electron chi connectivity index (χ4n) is 2.04. The number of carbonyl (C=O) groups excluding carboxylic acids is 1. The molecule has 1 amide bonds. The number of hydrogen-bond donors (Lipinski definition) is 1. The first-order valence-electron chi connectivity index (χ1n) is 7.19. The summed E-state index contributed by atoms with van der Waals surface area (Å²) >= 11 is 2.86. The molecule has 24 heavy (non-hydrogen) atoms. The van der Waals surface area contributed by atoms with Crippen LogP contribution in [0.3, 0.4) is 0 Å². The Morgan fingerprint density at radius 3 is 2.79 bits per heavy atom. The highest BCUT2D eigenvalue weighted by Gasteiger charge is 2.13. The van der Waals surface area contributed by atoms with Crippen molar-refractivity contribution in [2.75, 3.05) is 5.32 Å². The summed E-state index contributed by atoms with van der Waals surface area (Å²) in [5, 5.41) is 11.1. The Balaban J connectivity index is 1.63. The standard InChI is InChI=1S/C17H14FN3OS2/c1-11-7-8-13(18)9-14(11)15(22)19-16-20-21-17(24-16)23-10-12-5-3-2-4-6-12/h2-9H,10H2,1H3,(H,19,20,22). The Kier molecular flexibility index (Phi) is 5.22. The SMILES string of the molecule is Cc1ccc(F)cc1C(=O)Nc1nnc(SCc2ccccc2)s1. The van der Waals surface area contributed by atoms with Gasteiger partial charge in [0.15, 0.2) is 4.34 Å². The fraction of sp³-hybridized carbons (Fsp3) is 0.118. The van der Waals surface area contributed by atoms with E-state index in [0.717, 1.165) is 10.1 Å². The van der Waals surface area contributed by atoms with Gasteiger partial charge in [-0.2, -0.15) is 0 Å². The first-order valence-corrected chi connectivity index (χ1v) is 9.00. The van der Waals surface area contributed by atoms with Crippen molar-refractivity contribution in [3.63, 3.8) is 0 Å². The summed E-state index contributed by atoms with van der Waals surface area (Å²) in [5.41, 5.74) is 2.19. The normalized spacial score (nSPS) is 10.6. The van der Waals surface area contributed by atoms with Crippen molar-refractivity contribution in [2.45, 2.75) is 17.0 Å². The number of hydrogen-bond acceptors (Lipinski definition) is 5. The molecule has 0 fully saturated rings. The number of halogens is 1. The molecular weight excluding hydrogens is 345 g/mol. The zero-order valence-electron chi connectivity index (χ0n) is 12.8. The highest BCUT2D eigenvalue weighted by molar-refractivity contribution is 8.00. The van der Waals surface area contributed by atoms with Gasteiger partial charge in [-0.25, -0.2) is 4.39 Å². The van der Waals surface area contributed by atoms with Crippen LogP contribution in [0.5, 0.6) is 0 Å². The average molecular weight is 359 g/mol. The molecule has 1 N–H and O–H groups in total. The van der Waals surface area contributed by atoms with E-state index in [1.807, 2.05) is 30.3 Å². The molecule has 2 aromatic carbocycles. The van der Waals surface area contributed by atoms with Crippen LogP contribution in [0.25, 0.3) is 0 Å². The minimum absolute atomic E-state index is 0.295. The molecule has 0 saturated heterocycles. The molecule has 1 aromatic heterocycles. The highest BCUT2D eigenvalue weighted by atomic mass is 32.2. The zero-order valence-corrected chi connectivity index (χ0v) is 14.5. The number of thioether (sulfide) groups is 1. The van der Waals surface area contributed by atoms with Gasteiger partial charge < -0.3 is 0 Å². The van der Waals surface area contributed by atoms with E-state index in [9.17, 15) is 9.18 Å². The largest absolute Gasteiger partial charge is 0.296 e. The van der Waals surface area contributed by atoms with E-state index in [2.05, 4.69) is 15.5 Å². The lowest BCUT2D eigenvalue weighted by Crippen LogP contribution is -2.13. The van der Waals surface area contributed by atoms with Crippen molar-refractivity contribution >= 4 is 34.1 Å².